The van der Waals surface area contributed by atoms with Crippen LogP contribution in [0.3, 0.4) is 0 Å². The summed E-state index contributed by atoms with van der Waals surface area (Å²) in [6.45, 7) is 9.67. The number of allylic oxidation sites excluding steroid dienone is 2. The lowest BCUT2D eigenvalue weighted by Gasteiger charge is -2.66. The molecule has 9 nitrogen and oxygen atoms in total. The maximum atomic E-state index is 14.1. The lowest BCUT2D eigenvalue weighted by molar-refractivity contribution is -0.261. The summed E-state index contributed by atoms with van der Waals surface area (Å²) in [7, 11) is 1.40. The van der Waals surface area contributed by atoms with Crippen LogP contribution in [0, 0.1) is 34.5 Å². The molecule has 3 fully saturated rings. The molecule has 0 radical (unpaired) electrons. The fraction of sp³-hybridized carbons (Fsp3) is 0.720. The summed E-state index contributed by atoms with van der Waals surface area (Å²) in [5.74, 6) is -4.50. The molecule has 1 aliphatic heterocycles. The number of hydrogen-bond acceptors (Lipinski definition) is 9. The van der Waals surface area contributed by atoms with Gasteiger partial charge in [0, 0.05) is 42.4 Å². The van der Waals surface area contributed by atoms with Crippen LogP contribution in [0.4, 0.5) is 0 Å². The van der Waals surface area contributed by atoms with E-state index in [1.807, 2.05) is 13.8 Å². The van der Waals surface area contributed by atoms with Gasteiger partial charge in [-0.1, -0.05) is 20.8 Å². The first-order valence-corrected chi connectivity index (χ1v) is 11.7. The van der Waals surface area contributed by atoms with Crippen molar-refractivity contribution in [2.24, 2.45) is 34.5 Å². The largest absolute Gasteiger partial charge is 0.493 e. The molecule has 1 saturated heterocycles. The minimum absolute atomic E-state index is 0.0140. The van der Waals surface area contributed by atoms with Crippen molar-refractivity contribution < 1.29 is 42.9 Å². The molecule has 4 rings (SSSR count). The Hall–Kier alpha value is -2.71. The number of rotatable bonds is 3. The maximum absolute atomic E-state index is 14.1. The molecule has 4 aliphatic rings. The number of carbonyl (C=O) groups excluding carboxylic acids is 5. The molecule has 0 aromatic carbocycles. The van der Waals surface area contributed by atoms with E-state index in [4.69, 9.17) is 18.9 Å². The maximum Gasteiger partial charge on any atom is 0.306 e. The summed E-state index contributed by atoms with van der Waals surface area (Å²) >= 11 is 0. The molecular formula is C25H32O9. The fourth-order valence-corrected chi connectivity index (χ4v) is 7.76. The Labute approximate surface area is 198 Å². The normalized spacial score (nSPS) is 43.4. The molecule has 0 N–H and O–H groups in total. The minimum atomic E-state index is -1.35. The Kier molecular flexibility index (Phi) is 5.69. The zero-order valence-electron chi connectivity index (χ0n) is 20.6. The van der Waals surface area contributed by atoms with Crippen molar-refractivity contribution in [2.45, 2.75) is 72.7 Å². The van der Waals surface area contributed by atoms with Gasteiger partial charge in [0.25, 0.3) is 0 Å². The molecule has 9 atom stereocenters. The SMILES string of the molecule is COC1=C(C)[C@@H]2CC(=O)O[C@@H]3[C@H](OC(C)=O)[C@H]4[C@H](C)C[C@H](OC(C)=O)C(=O)[C@]4(C)[C@H](C1=O)[C@@]32C. The highest BCUT2D eigenvalue weighted by Crippen LogP contribution is 2.67. The van der Waals surface area contributed by atoms with E-state index in [1.54, 1.807) is 13.8 Å². The molecule has 186 valence electrons. The number of ether oxygens (including phenoxy) is 4. The molecule has 0 spiro atoms. The number of esters is 3. The Morgan fingerprint density at radius 3 is 2.24 bits per heavy atom. The molecule has 0 aromatic heterocycles. The van der Waals surface area contributed by atoms with Gasteiger partial charge in [0.1, 0.15) is 12.2 Å². The minimum Gasteiger partial charge on any atom is -0.493 e. The van der Waals surface area contributed by atoms with Crippen LogP contribution >= 0.6 is 0 Å². The molecule has 9 heteroatoms. The predicted molar refractivity (Wildman–Crippen MR) is 116 cm³/mol. The monoisotopic (exact) mass is 476 g/mol. The molecule has 34 heavy (non-hydrogen) atoms. The van der Waals surface area contributed by atoms with Crippen molar-refractivity contribution in [3.63, 3.8) is 0 Å². The molecule has 1 heterocycles. The Morgan fingerprint density at radius 2 is 1.68 bits per heavy atom. The van der Waals surface area contributed by atoms with E-state index in [1.165, 1.54) is 21.0 Å². The molecule has 0 unspecified atom stereocenters. The van der Waals surface area contributed by atoms with Gasteiger partial charge in [-0.05, 0) is 24.8 Å². The summed E-state index contributed by atoms with van der Waals surface area (Å²) in [4.78, 5) is 64.8. The van der Waals surface area contributed by atoms with Crippen molar-refractivity contribution in [3.8, 4) is 0 Å². The molecule has 3 aliphatic carbocycles. The number of ketones is 2. The third-order valence-corrected chi connectivity index (χ3v) is 8.76. The first kappa shape index (κ1) is 24.4. The third kappa shape index (κ3) is 3.08. The standard InChI is InChI=1S/C25H32O9/c1-10-8-15(32-12(3)26)22(30)25(6)17(10)20(33-13(4)27)23-24(5)14(9-16(28)34-23)11(2)19(31-7)18(29)21(24)25/h10,14-15,17,20-21,23H,8-9H2,1-7H3/t10-,14+,15+,17-,20-,21-,23-,24+,25+/m1/s1. The van der Waals surface area contributed by atoms with Gasteiger partial charge in [0.2, 0.25) is 5.78 Å². The number of carbonyl (C=O) groups is 5. The Morgan fingerprint density at radius 1 is 1.06 bits per heavy atom. The van der Waals surface area contributed by atoms with Gasteiger partial charge < -0.3 is 18.9 Å². The highest BCUT2D eigenvalue weighted by atomic mass is 16.6. The smallest absolute Gasteiger partial charge is 0.306 e. The zero-order chi connectivity index (χ0) is 25.3. The van der Waals surface area contributed by atoms with E-state index in [-0.39, 0.29) is 36.1 Å². The first-order valence-electron chi connectivity index (χ1n) is 11.7. The van der Waals surface area contributed by atoms with Gasteiger partial charge in [-0.3, -0.25) is 24.0 Å². The second-order valence-electron chi connectivity index (χ2n) is 10.6. The molecular weight excluding hydrogens is 444 g/mol. The van der Waals surface area contributed by atoms with E-state index in [9.17, 15) is 24.0 Å². The fourth-order valence-electron chi connectivity index (χ4n) is 7.76. The Bertz CT molecular complexity index is 1010. The molecule has 0 aromatic rings. The first-order chi connectivity index (χ1) is 15.8. The van der Waals surface area contributed by atoms with Crippen LogP contribution in [0.1, 0.15) is 54.4 Å². The predicted octanol–water partition coefficient (Wildman–Crippen LogP) is 2.15. The van der Waals surface area contributed by atoms with Crippen molar-refractivity contribution in [1.29, 1.82) is 0 Å². The topological polar surface area (TPSA) is 122 Å². The number of hydrogen-bond donors (Lipinski definition) is 0. The van der Waals surface area contributed by atoms with E-state index in [0.29, 0.717) is 5.57 Å². The van der Waals surface area contributed by atoms with Crippen LogP contribution in [0.25, 0.3) is 0 Å². The lowest BCUT2D eigenvalue weighted by atomic mass is 9.38. The van der Waals surface area contributed by atoms with Crippen molar-refractivity contribution in [3.05, 3.63) is 11.3 Å². The van der Waals surface area contributed by atoms with Crippen molar-refractivity contribution >= 4 is 29.5 Å². The van der Waals surface area contributed by atoms with Crippen molar-refractivity contribution in [2.75, 3.05) is 7.11 Å². The van der Waals surface area contributed by atoms with E-state index in [0.717, 1.165) is 0 Å². The summed E-state index contributed by atoms with van der Waals surface area (Å²) in [5.41, 5.74) is -1.77. The van der Waals surface area contributed by atoms with Crippen molar-refractivity contribution in [1.82, 2.24) is 0 Å². The number of methoxy groups -OCH3 is 1. The summed E-state index contributed by atoms with van der Waals surface area (Å²) in [6, 6.07) is 0. The van der Waals surface area contributed by atoms with Gasteiger partial charge in [0.15, 0.2) is 17.6 Å². The van der Waals surface area contributed by atoms with Gasteiger partial charge in [-0.15, -0.1) is 0 Å². The van der Waals surface area contributed by atoms with Gasteiger partial charge >= 0.3 is 17.9 Å². The van der Waals surface area contributed by atoms with Crippen LogP contribution in [0.2, 0.25) is 0 Å². The molecule has 2 saturated carbocycles. The summed E-state index contributed by atoms with van der Waals surface area (Å²) in [5, 5.41) is 0. The van der Waals surface area contributed by atoms with Crippen LogP contribution < -0.4 is 0 Å². The molecule has 0 bridgehead atoms. The Balaban J connectivity index is 2.00. The van der Waals surface area contributed by atoms with Crippen LogP contribution in [0.15, 0.2) is 11.3 Å². The van der Waals surface area contributed by atoms with Crippen LogP contribution in [-0.4, -0.2) is 54.9 Å². The van der Waals surface area contributed by atoms with Gasteiger partial charge in [-0.25, -0.2) is 0 Å². The van der Waals surface area contributed by atoms with Gasteiger partial charge in [0.05, 0.1) is 13.5 Å². The third-order valence-electron chi connectivity index (χ3n) is 8.76. The average molecular weight is 477 g/mol. The second kappa shape index (κ2) is 7.92. The highest BCUT2D eigenvalue weighted by Gasteiger charge is 2.76. The van der Waals surface area contributed by atoms with Crippen LogP contribution in [-0.2, 0) is 42.9 Å². The summed E-state index contributed by atoms with van der Waals surface area (Å²) < 4.78 is 22.6. The number of Topliss-reactive ketones (excluding diaryl/α,β-unsaturated/α-hetero) is 2. The molecule has 0 amide bonds. The zero-order valence-corrected chi connectivity index (χ0v) is 20.6. The quantitative estimate of drug-likeness (QED) is 0.445. The van der Waals surface area contributed by atoms with E-state index < -0.39 is 64.8 Å². The van der Waals surface area contributed by atoms with E-state index in [2.05, 4.69) is 0 Å². The lowest BCUT2D eigenvalue weighted by Crippen LogP contribution is -2.75. The number of fused-ring (bicyclic) bond motifs is 2. The van der Waals surface area contributed by atoms with Gasteiger partial charge in [-0.2, -0.15) is 0 Å². The van der Waals surface area contributed by atoms with Crippen LogP contribution in [0.5, 0.6) is 0 Å². The highest BCUT2D eigenvalue weighted by molar-refractivity contribution is 6.04. The summed E-state index contributed by atoms with van der Waals surface area (Å²) in [6.07, 6.45) is -2.65. The average Bonchev–Trinajstić information content (AvgIpc) is 2.71. The van der Waals surface area contributed by atoms with E-state index >= 15 is 0 Å². The second-order valence-corrected chi connectivity index (χ2v) is 10.6.